The van der Waals surface area contributed by atoms with Crippen molar-refractivity contribution in [3.63, 3.8) is 0 Å². The van der Waals surface area contributed by atoms with Gasteiger partial charge in [0.15, 0.2) is 0 Å². The van der Waals surface area contributed by atoms with Gasteiger partial charge in [-0.15, -0.1) is 0 Å². The molecule has 3 rings (SSSR count). The van der Waals surface area contributed by atoms with Crippen LogP contribution in [0.5, 0.6) is 0 Å². The van der Waals surface area contributed by atoms with E-state index in [0.717, 1.165) is 11.1 Å². The first-order valence-electron chi connectivity index (χ1n) is 8.92. The predicted molar refractivity (Wildman–Crippen MR) is 107 cm³/mol. The summed E-state index contributed by atoms with van der Waals surface area (Å²) < 4.78 is 0. The molecular formula is C20H24ClN3O3. The summed E-state index contributed by atoms with van der Waals surface area (Å²) in [7, 11) is 0. The van der Waals surface area contributed by atoms with Crippen molar-refractivity contribution < 1.29 is 15.3 Å². The van der Waals surface area contributed by atoms with E-state index in [0.29, 0.717) is 28.8 Å². The summed E-state index contributed by atoms with van der Waals surface area (Å²) in [6, 6.07) is 7.53. The minimum absolute atomic E-state index is 0.181. The summed E-state index contributed by atoms with van der Waals surface area (Å²) in [4.78, 5) is 8.65. The molecule has 1 aliphatic rings. The zero-order valence-corrected chi connectivity index (χ0v) is 16.1. The summed E-state index contributed by atoms with van der Waals surface area (Å²) in [6.45, 7) is 3.58. The fourth-order valence-electron chi connectivity index (χ4n) is 3.38. The van der Waals surface area contributed by atoms with Gasteiger partial charge in [0.2, 0.25) is 0 Å². The number of benzene rings is 1. The Morgan fingerprint density at radius 1 is 1.15 bits per heavy atom. The van der Waals surface area contributed by atoms with Crippen LogP contribution in [0.1, 0.15) is 28.9 Å². The minimum Gasteiger partial charge on any atom is -0.396 e. The lowest BCUT2D eigenvalue weighted by Crippen LogP contribution is -2.35. The van der Waals surface area contributed by atoms with Gasteiger partial charge in [-0.3, -0.25) is 0 Å². The van der Waals surface area contributed by atoms with Crippen LogP contribution >= 0.6 is 11.6 Å². The minimum atomic E-state index is -0.996. The second-order valence-electron chi connectivity index (χ2n) is 6.92. The second kappa shape index (κ2) is 8.35. The Bertz CT molecular complexity index is 843. The third-order valence-electron chi connectivity index (χ3n) is 4.99. The quantitative estimate of drug-likeness (QED) is 0.586. The first kappa shape index (κ1) is 19.8. The number of nitrogens with one attached hydrogen (secondary N) is 1. The van der Waals surface area contributed by atoms with Crippen molar-refractivity contribution >= 4 is 29.6 Å². The molecular weight excluding hydrogens is 366 g/mol. The molecule has 0 saturated heterocycles. The van der Waals surface area contributed by atoms with Crippen LogP contribution in [0.15, 0.2) is 24.3 Å². The van der Waals surface area contributed by atoms with Gasteiger partial charge in [-0.05, 0) is 37.5 Å². The smallest absolute Gasteiger partial charge is 0.142 e. The number of halogens is 1. The lowest BCUT2D eigenvalue weighted by Gasteiger charge is -2.20. The van der Waals surface area contributed by atoms with Crippen molar-refractivity contribution in [1.29, 1.82) is 0 Å². The van der Waals surface area contributed by atoms with Crippen LogP contribution in [0.3, 0.4) is 0 Å². The highest BCUT2D eigenvalue weighted by molar-refractivity contribution is 6.31. The largest absolute Gasteiger partial charge is 0.396 e. The topological polar surface area (TPSA) is 98.5 Å². The average Bonchev–Trinajstić information content (AvgIpc) is 2.90. The van der Waals surface area contributed by atoms with Gasteiger partial charge in [-0.25, -0.2) is 9.97 Å². The van der Waals surface area contributed by atoms with Crippen LogP contribution in [0.4, 0.5) is 5.82 Å². The van der Waals surface area contributed by atoms with Gasteiger partial charge in [0.25, 0.3) is 0 Å². The third kappa shape index (κ3) is 4.30. The Hall–Kier alpha value is -1.99. The number of hydrogen-bond donors (Lipinski definition) is 4. The maximum Gasteiger partial charge on any atom is 0.142 e. The highest BCUT2D eigenvalue weighted by Crippen LogP contribution is 2.31. The molecule has 7 heteroatoms. The lowest BCUT2D eigenvalue weighted by molar-refractivity contribution is 0.00445. The zero-order chi connectivity index (χ0) is 19.6. The maximum absolute atomic E-state index is 10.3. The number of aryl methyl sites for hydroxylation is 2. The first-order chi connectivity index (χ1) is 12.9. The van der Waals surface area contributed by atoms with E-state index in [1.54, 1.807) is 6.92 Å². The Kier molecular flexibility index (Phi) is 6.11. The molecule has 4 N–H and O–H groups in total. The van der Waals surface area contributed by atoms with Gasteiger partial charge in [0.1, 0.15) is 22.9 Å². The Morgan fingerprint density at radius 2 is 1.89 bits per heavy atom. The average molecular weight is 390 g/mol. The van der Waals surface area contributed by atoms with Crippen LogP contribution in [0.25, 0.3) is 12.2 Å². The van der Waals surface area contributed by atoms with Crippen molar-refractivity contribution in [3.8, 4) is 0 Å². The summed E-state index contributed by atoms with van der Waals surface area (Å²) in [5, 5.41) is 33.2. The van der Waals surface area contributed by atoms with Gasteiger partial charge < -0.3 is 20.6 Å². The third-order valence-corrected chi connectivity index (χ3v) is 5.28. The van der Waals surface area contributed by atoms with Crippen molar-refractivity contribution in [2.75, 3.05) is 11.9 Å². The molecule has 4 atom stereocenters. The number of aliphatic hydroxyl groups is 3. The second-order valence-corrected chi connectivity index (χ2v) is 7.28. The van der Waals surface area contributed by atoms with Crippen molar-refractivity contribution in [2.45, 2.75) is 38.5 Å². The lowest BCUT2D eigenvalue weighted by atomic mass is 10.1. The van der Waals surface area contributed by atoms with Gasteiger partial charge >= 0.3 is 0 Å². The van der Waals surface area contributed by atoms with E-state index in [4.69, 9.17) is 11.6 Å². The number of anilines is 1. The van der Waals surface area contributed by atoms with Crippen LogP contribution in [-0.2, 0) is 0 Å². The first-order valence-corrected chi connectivity index (χ1v) is 9.30. The Morgan fingerprint density at radius 3 is 2.56 bits per heavy atom. The zero-order valence-electron chi connectivity index (χ0n) is 15.3. The number of rotatable bonds is 5. The van der Waals surface area contributed by atoms with Crippen molar-refractivity contribution in [1.82, 2.24) is 9.97 Å². The van der Waals surface area contributed by atoms with E-state index < -0.39 is 18.2 Å². The standard InChI is InChI=1S/C20H24ClN3O3/c1-11-5-3-4-6-13(11)7-8-15-19(21)22-12(2)23-20(15)24-16-9-14(10-25)17(26)18(16)27/h3-8,14,16-18,25-27H,9-10H2,1-2H3,(H,22,23,24)/b8-7+/t14-,16-,17-,18+/m1/s1. The molecule has 1 aromatic heterocycles. The van der Waals surface area contributed by atoms with Crippen molar-refractivity contribution in [3.05, 3.63) is 51.9 Å². The van der Waals surface area contributed by atoms with E-state index in [9.17, 15) is 15.3 Å². The molecule has 2 aromatic rings. The van der Waals surface area contributed by atoms with Gasteiger partial charge in [0.05, 0.1) is 17.7 Å². The Labute approximate surface area is 163 Å². The van der Waals surface area contributed by atoms with E-state index >= 15 is 0 Å². The molecule has 0 radical (unpaired) electrons. The van der Waals surface area contributed by atoms with E-state index in [-0.39, 0.29) is 12.5 Å². The molecule has 1 fully saturated rings. The van der Waals surface area contributed by atoms with E-state index in [2.05, 4.69) is 15.3 Å². The monoisotopic (exact) mass is 389 g/mol. The summed E-state index contributed by atoms with van der Waals surface area (Å²) in [6.07, 6.45) is 2.24. The van der Waals surface area contributed by atoms with Crippen molar-refractivity contribution in [2.24, 2.45) is 5.92 Å². The van der Waals surface area contributed by atoms with Gasteiger partial charge in [-0.2, -0.15) is 0 Å². The molecule has 1 saturated carbocycles. The molecule has 1 aromatic carbocycles. The molecule has 0 unspecified atom stereocenters. The molecule has 0 bridgehead atoms. The predicted octanol–water partition coefficient (Wildman–Crippen LogP) is 2.43. The van der Waals surface area contributed by atoms with Gasteiger partial charge in [0, 0.05) is 12.5 Å². The SMILES string of the molecule is Cc1nc(Cl)c(/C=C/c2ccccc2C)c(N[C@@H]2C[C@H](CO)[C@@H](O)[C@H]2O)n1. The molecule has 144 valence electrons. The highest BCUT2D eigenvalue weighted by Gasteiger charge is 2.41. The normalized spacial score (nSPS) is 25.3. The fourth-order valence-corrected chi connectivity index (χ4v) is 3.65. The van der Waals surface area contributed by atoms with E-state index in [1.165, 1.54) is 0 Å². The number of nitrogens with zero attached hydrogens (tertiary/aromatic N) is 2. The van der Waals surface area contributed by atoms with Crippen LogP contribution in [0, 0.1) is 19.8 Å². The van der Waals surface area contributed by atoms with Crippen LogP contribution < -0.4 is 5.32 Å². The summed E-state index contributed by atoms with van der Waals surface area (Å²) in [5.74, 6) is 0.622. The molecule has 27 heavy (non-hydrogen) atoms. The number of hydrogen-bond acceptors (Lipinski definition) is 6. The molecule has 6 nitrogen and oxygen atoms in total. The molecule has 0 spiro atoms. The van der Waals surface area contributed by atoms with Crippen LogP contribution in [-0.4, -0.2) is 50.1 Å². The van der Waals surface area contributed by atoms with Crippen LogP contribution in [0.2, 0.25) is 5.15 Å². The van der Waals surface area contributed by atoms with Gasteiger partial charge in [-0.1, -0.05) is 41.9 Å². The molecule has 1 heterocycles. The maximum atomic E-state index is 10.3. The molecule has 1 aliphatic carbocycles. The molecule has 0 aliphatic heterocycles. The fraction of sp³-hybridized carbons (Fsp3) is 0.400. The van der Waals surface area contributed by atoms with E-state index in [1.807, 2.05) is 43.3 Å². The Balaban J connectivity index is 1.91. The summed E-state index contributed by atoms with van der Waals surface area (Å²) >= 11 is 6.35. The molecule has 0 amide bonds. The highest BCUT2D eigenvalue weighted by atomic mass is 35.5. The number of aliphatic hydroxyl groups excluding tert-OH is 3. The summed E-state index contributed by atoms with van der Waals surface area (Å²) in [5.41, 5.74) is 2.80. The number of aromatic nitrogens is 2.